The molecule has 110 valence electrons. The van der Waals surface area contributed by atoms with Crippen molar-refractivity contribution in [2.24, 2.45) is 0 Å². The van der Waals surface area contributed by atoms with Gasteiger partial charge in [0.25, 0.3) is 5.91 Å². The van der Waals surface area contributed by atoms with Crippen LogP contribution in [0.25, 0.3) is 0 Å². The molecule has 0 aliphatic heterocycles. The van der Waals surface area contributed by atoms with Gasteiger partial charge in [0.15, 0.2) is 10.4 Å². The largest absolute Gasteiger partial charge is 0.444 e. The van der Waals surface area contributed by atoms with E-state index in [1.165, 1.54) is 6.07 Å². The van der Waals surface area contributed by atoms with Gasteiger partial charge in [0.2, 0.25) is 5.91 Å². The van der Waals surface area contributed by atoms with Crippen molar-refractivity contribution in [3.8, 4) is 0 Å². The molecule has 1 aliphatic carbocycles. The molecule has 2 atom stereocenters. The van der Waals surface area contributed by atoms with Crippen LogP contribution in [0.4, 0.5) is 0 Å². The van der Waals surface area contributed by atoms with E-state index in [0.717, 1.165) is 19.3 Å². The van der Waals surface area contributed by atoms with Crippen LogP contribution in [0, 0.1) is 0 Å². The van der Waals surface area contributed by atoms with Gasteiger partial charge in [-0.05, 0) is 40.9 Å². The van der Waals surface area contributed by atoms with Crippen molar-refractivity contribution < 1.29 is 19.1 Å². The fraction of sp³-hybridized carbons (Fsp3) is 0.538. The summed E-state index contributed by atoms with van der Waals surface area (Å²) in [6.45, 7) is -0.139. The first-order chi connectivity index (χ1) is 9.56. The molecule has 0 radical (unpaired) electrons. The second kappa shape index (κ2) is 6.90. The number of carbonyl (C=O) groups excluding carboxylic acids is 2. The van der Waals surface area contributed by atoms with Crippen LogP contribution in [-0.4, -0.2) is 35.6 Å². The fourth-order valence-electron chi connectivity index (χ4n) is 2.22. The highest BCUT2D eigenvalue weighted by Gasteiger charge is 2.24. The zero-order valence-electron chi connectivity index (χ0n) is 10.9. The maximum Gasteiger partial charge on any atom is 0.287 e. The van der Waals surface area contributed by atoms with Crippen LogP contribution in [0.2, 0.25) is 0 Å². The Balaban J connectivity index is 1.76. The van der Waals surface area contributed by atoms with Crippen molar-refractivity contribution in [2.45, 2.75) is 37.8 Å². The normalized spacial score (nSPS) is 22.3. The monoisotopic (exact) mass is 344 g/mol. The number of carbonyl (C=O) groups is 2. The summed E-state index contributed by atoms with van der Waals surface area (Å²) < 4.78 is 5.53. The third-order valence-corrected chi connectivity index (χ3v) is 3.71. The summed E-state index contributed by atoms with van der Waals surface area (Å²) in [4.78, 5) is 23.4. The Morgan fingerprint density at radius 3 is 2.75 bits per heavy atom. The molecular formula is C13H17BrN2O4. The van der Waals surface area contributed by atoms with Gasteiger partial charge in [-0.1, -0.05) is 12.8 Å². The highest BCUT2D eigenvalue weighted by molar-refractivity contribution is 9.10. The molecule has 0 aromatic carbocycles. The maximum atomic E-state index is 11.7. The van der Waals surface area contributed by atoms with Crippen LogP contribution in [-0.2, 0) is 4.79 Å². The van der Waals surface area contributed by atoms with E-state index in [0.29, 0.717) is 11.1 Å². The lowest BCUT2D eigenvalue weighted by molar-refractivity contribution is -0.122. The van der Waals surface area contributed by atoms with Gasteiger partial charge >= 0.3 is 0 Å². The SMILES string of the molecule is O=C(CNC(=O)c1ccc(Br)o1)N[C@@H]1CCCC[C@H]1O. The Kier molecular flexibility index (Phi) is 5.19. The Morgan fingerprint density at radius 2 is 2.10 bits per heavy atom. The molecule has 7 heteroatoms. The fourth-order valence-corrected chi connectivity index (χ4v) is 2.53. The number of amides is 2. The summed E-state index contributed by atoms with van der Waals surface area (Å²) in [5.41, 5.74) is 0. The summed E-state index contributed by atoms with van der Waals surface area (Å²) in [5.74, 6) is -0.618. The average molecular weight is 345 g/mol. The minimum Gasteiger partial charge on any atom is -0.444 e. The highest BCUT2D eigenvalue weighted by Crippen LogP contribution is 2.18. The number of aliphatic hydroxyl groups is 1. The molecule has 1 aliphatic rings. The van der Waals surface area contributed by atoms with E-state index < -0.39 is 12.0 Å². The standard InChI is InChI=1S/C13H17BrN2O4/c14-11-6-5-10(20-11)13(19)15-7-12(18)16-8-3-1-2-4-9(8)17/h5-6,8-9,17H,1-4,7H2,(H,15,19)(H,16,18)/t8-,9-/m1/s1. The Bertz CT molecular complexity index is 488. The van der Waals surface area contributed by atoms with Gasteiger partial charge in [0.05, 0.1) is 18.7 Å². The third-order valence-electron chi connectivity index (χ3n) is 3.28. The lowest BCUT2D eigenvalue weighted by Crippen LogP contribution is -2.48. The predicted molar refractivity (Wildman–Crippen MR) is 75.1 cm³/mol. The van der Waals surface area contributed by atoms with Crippen molar-refractivity contribution in [2.75, 3.05) is 6.54 Å². The molecule has 1 saturated carbocycles. The molecule has 2 rings (SSSR count). The molecule has 0 unspecified atom stereocenters. The van der Waals surface area contributed by atoms with Crippen molar-refractivity contribution in [3.63, 3.8) is 0 Å². The highest BCUT2D eigenvalue weighted by atomic mass is 79.9. The lowest BCUT2D eigenvalue weighted by atomic mass is 9.92. The number of hydrogen-bond donors (Lipinski definition) is 3. The molecule has 0 spiro atoms. The molecule has 2 amide bonds. The molecule has 20 heavy (non-hydrogen) atoms. The van der Waals surface area contributed by atoms with Gasteiger partial charge in [-0.15, -0.1) is 0 Å². The number of nitrogens with one attached hydrogen (secondary N) is 2. The van der Waals surface area contributed by atoms with Gasteiger partial charge < -0.3 is 20.2 Å². The topological polar surface area (TPSA) is 91.6 Å². The molecule has 1 aromatic heterocycles. The molecule has 1 aromatic rings. The van der Waals surface area contributed by atoms with Crippen LogP contribution >= 0.6 is 15.9 Å². The van der Waals surface area contributed by atoms with Gasteiger partial charge in [-0.2, -0.15) is 0 Å². The van der Waals surface area contributed by atoms with E-state index in [1.54, 1.807) is 6.07 Å². The van der Waals surface area contributed by atoms with Crippen molar-refractivity contribution in [3.05, 3.63) is 22.6 Å². The van der Waals surface area contributed by atoms with Gasteiger partial charge in [-0.3, -0.25) is 9.59 Å². The van der Waals surface area contributed by atoms with Gasteiger partial charge in [-0.25, -0.2) is 0 Å². The van der Waals surface area contributed by atoms with E-state index in [2.05, 4.69) is 26.6 Å². The van der Waals surface area contributed by atoms with E-state index in [1.807, 2.05) is 0 Å². The molecule has 0 bridgehead atoms. The first kappa shape index (κ1) is 15.1. The molecule has 3 N–H and O–H groups in total. The number of furan rings is 1. The van der Waals surface area contributed by atoms with Crippen molar-refractivity contribution in [1.29, 1.82) is 0 Å². The molecular weight excluding hydrogens is 328 g/mol. The summed E-state index contributed by atoms with van der Waals surface area (Å²) in [6.07, 6.45) is 2.96. The number of aliphatic hydroxyl groups excluding tert-OH is 1. The summed E-state index contributed by atoms with van der Waals surface area (Å²) >= 11 is 3.10. The van der Waals surface area contributed by atoms with E-state index in [9.17, 15) is 14.7 Å². The number of rotatable bonds is 4. The lowest BCUT2D eigenvalue weighted by Gasteiger charge is -2.28. The van der Waals surface area contributed by atoms with Gasteiger partial charge in [0, 0.05) is 0 Å². The van der Waals surface area contributed by atoms with Crippen molar-refractivity contribution >= 4 is 27.7 Å². The van der Waals surface area contributed by atoms with E-state index >= 15 is 0 Å². The first-order valence-electron chi connectivity index (χ1n) is 6.57. The molecule has 1 fully saturated rings. The second-order valence-electron chi connectivity index (χ2n) is 4.81. The summed E-state index contributed by atoms with van der Waals surface area (Å²) in [5, 5.41) is 15.0. The Morgan fingerprint density at radius 1 is 1.35 bits per heavy atom. The van der Waals surface area contributed by atoms with Crippen LogP contribution in [0.3, 0.4) is 0 Å². The summed E-state index contributed by atoms with van der Waals surface area (Å²) in [6, 6.07) is 2.90. The average Bonchev–Trinajstić information content (AvgIpc) is 2.85. The zero-order chi connectivity index (χ0) is 14.5. The summed E-state index contributed by atoms with van der Waals surface area (Å²) in [7, 11) is 0. The number of hydrogen-bond acceptors (Lipinski definition) is 4. The van der Waals surface area contributed by atoms with E-state index in [-0.39, 0.29) is 24.3 Å². The smallest absolute Gasteiger partial charge is 0.287 e. The maximum absolute atomic E-state index is 11.7. The second-order valence-corrected chi connectivity index (χ2v) is 5.59. The zero-order valence-corrected chi connectivity index (χ0v) is 12.5. The minimum atomic E-state index is -0.496. The van der Waals surface area contributed by atoms with Crippen molar-refractivity contribution in [1.82, 2.24) is 10.6 Å². The predicted octanol–water partition coefficient (Wildman–Crippen LogP) is 1.19. The van der Waals surface area contributed by atoms with E-state index in [4.69, 9.17) is 4.42 Å². The van der Waals surface area contributed by atoms with Gasteiger partial charge in [0.1, 0.15) is 0 Å². The molecule has 6 nitrogen and oxygen atoms in total. The van der Waals surface area contributed by atoms with Crippen LogP contribution in [0.5, 0.6) is 0 Å². The third kappa shape index (κ3) is 4.08. The van der Waals surface area contributed by atoms with Crippen LogP contribution < -0.4 is 10.6 Å². The number of halogens is 1. The van der Waals surface area contributed by atoms with Crippen LogP contribution in [0.1, 0.15) is 36.2 Å². The Labute approximate surface area is 125 Å². The first-order valence-corrected chi connectivity index (χ1v) is 7.36. The Hall–Kier alpha value is -1.34. The quantitative estimate of drug-likeness (QED) is 0.765. The van der Waals surface area contributed by atoms with Crippen LogP contribution in [0.15, 0.2) is 21.2 Å². The molecule has 0 saturated heterocycles. The molecule has 1 heterocycles. The minimum absolute atomic E-state index is 0.139.